The highest BCUT2D eigenvalue weighted by atomic mass is 31.2. The van der Waals surface area contributed by atoms with Crippen LogP contribution in [-0.4, -0.2) is 24.4 Å². The van der Waals surface area contributed by atoms with Crippen LogP contribution in [0.15, 0.2) is 77.3 Å². The van der Waals surface area contributed by atoms with Gasteiger partial charge in [0.25, 0.3) is 0 Å². The first-order chi connectivity index (χ1) is 12.7. The van der Waals surface area contributed by atoms with E-state index in [1.807, 2.05) is 54.6 Å². The Morgan fingerprint density at radius 3 is 2.38 bits per heavy atom. The summed E-state index contributed by atoms with van der Waals surface area (Å²) in [5, 5.41) is 0. The zero-order valence-corrected chi connectivity index (χ0v) is 15.9. The summed E-state index contributed by atoms with van der Waals surface area (Å²) in [6.07, 6.45) is 8.56. The van der Waals surface area contributed by atoms with Crippen molar-refractivity contribution in [2.75, 3.05) is 13.2 Å². The van der Waals surface area contributed by atoms with E-state index < -0.39 is 7.60 Å². The van der Waals surface area contributed by atoms with Gasteiger partial charge in [-0.2, -0.15) is 0 Å². The van der Waals surface area contributed by atoms with Crippen LogP contribution in [0.1, 0.15) is 25.1 Å². The summed E-state index contributed by atoms with van der Waals surface area (Å²) in [7, 11) is -3.50. The summed E-state index contributed by atoms with van der Waals surface area (Å²) in [6.45, 7) is 4.06. The van der Waals surface area contributed by atoms with Crippen LogP contribution in [0.25, 0.3) is 6.08 Å². The van der Waals surface area contributed by atoms with Gasteiger partial charge in [0.15, 0.2) is 5.44 Å². The van der Waals surface area contributed by atoms with Crippen LogP contribution >= 0.6 is 7.60 Å². The molecule has 0 radical (unpaired) electrons. The molecular formula is C20H23N2O3P. The number of benzene rings is 1. The summed E-state index contributed by atoms with van der Waals surface area (Å²) >= 11 is 0. The Labute approximate surface area is 154 Å². The number of rotatable bonds is 9. The largest absolute Gasteiger partial charge is 0.379 e. The lowest BCUT2D eigenvalue weighted by Crippen LogP contribution is -1.98. The molecule has 26 heavy (non-hydrogen) atoms. The maximum atomic E-state index is 13.1. The van der Waals surface area contributed by atoms with Crippen LogP contribution in [0.3, 0.4) is 0 Å². The highest BCUT2D eigenvalue weighted by Gasteiger charge is 2.29. The van der Waals surface area contributed by atoms with Crippen LogP contribution in [0.5, 0.6) is 0 Å². The van der Waals surface area contributed by atoms with Gasteiger partial charge in [-0.3, -0.25) is 9.55 Å². The number of allylic oxidation sites excluding steroid dienone is 2. The van der Waals surface area contributed by atoms with E-state index in [1.165, 1.54) is 0 Å². The number of pyridine rings is 1. The van der Waals surface area contributed by atoms with Crippen molar-refractivity contribution < 1.29 is 13.6 Å². The lowest BCUT2D eigenvalue weighted by molar-refractivity contribution is 0.226. The number of nitrogens with zero attached hydrogens (tertiary/aromatic N) is 2. The predicted octanol–water partition coefficient (Wildman–Crippen LogP) is 5.32. The lowest BCUT2D eigenvalue weighted by Gasteiger charge is -2.16. The van der Waals surface area contributed by atoms with Gasteiger partial charge in [0.05, 0.1) is 25.1 Å². The fraction of sp³-hybridized carbons (Fsp3) is 0.200. The van der Waals surface area contributed by atoms with E-state index in [1.54, 1.807) is 38.4 Å². The fourth-order valence-corrected chi connectivity index (χ4v) is 3.60. The molecule has 0 saturated heterocycles. The molecule has 0 fully saturated rings. The minimum atomic E-state index is -3.50. The SMILES string of the molecule is CCOP(=O)(OCC)C(=C/C=C/c1ccccc1)/N=C/c1ccccn1. The van der Waals surface area contributed by atoms with Gasteiger partial charge in [-0.15, -0.1) is 0 Å². The second-order valence-corrected chi connectivity index (χ2v) is 7.11. The van der Waals surface area contributed by atoms with Gasteiger partial charge in [0.1, 0.15) is 0 Å². The van der Waals surface area contributed by atoms with E-state index in [-0.39, 0.29) is 18.7 Å². The second-order valence-electron chi connectivity index (χ2n) is 5.14. The molecule has 0 aliphatic heterocycles. The molecule has 1 aromatic carbocycles. The third-order valence-electron chi connectivity index (χ3n) is 3.23. The van der Waals surface area contributed by atoms with E-state index in [0.717, 1.165) is 5.56 Å². The number of aliphatic imine (C=N–C) groups is 1. The fourth-order valence-electron chi connectivity index (χ4n) is 2.11. The molecule has 0 spiro atoms. The third-order valence-corrected chi connectivity index (χ3v) is 5.25. The van der Waals surface area contributed by atoms with Crippen molar-refractivity contribution in [3.63, 3.8) is 0 Å². The Morgan fingerprint density at radius 2 is 1.77 bits per heavy atom. The molecule has 5 nitrogen and oxygen atoms in total. The third kappa shape index (κ3) is 6.19. The monoisotopic (exact) mass is 370 g/mol. The molecule has 0 aliphatic rings. The summed E-state index contributed by atoms with van der Waals surface area (Å²) < 4.78 is 23.9. The topological polar surface area (TPSA) is 60.8 Å². The van der Waals surface area contributed by atoms with Crippen LogP contribution in [0.4, 0.5) is 0 Å². The predicted molar refractivity (Wildman–Crippen MR) is 106 cm³/mol. The minimum absolute atomic E-state index is 0.235. The summed E-state index contributed by atoms with van der Waals surface area (Å²) in [4.78, 5) is 8.53. The van der Waals surface area contributed by atoms with Gasteiger partial charge in [0.2, 0.25) is 0 Å². The quantitative estimate of drug-likeness (QED) is 0.340. The Balaban J connectivity index is 2.33. The van der Waals surface area contributed by atoms with Gasteiger partial charge in [-0.1, -0.05) is 48.6 Å². The molecule has 136 valence electrons. The Morgan fingerprint density at radius 1 is 1.08 bits per heavy atom. The smallest absolute Gasteiger partial charge is 0.304 e. The van der Waals surface area contributed by atoms with Crippen molar-refractivity contribution in [3.8, 4) is 0 Å². The maximum Gasteiger partial charge on any atom is 0.379 e. The van der Waals surface area contributed by atoms with Crippen molar-refractivity contribution in [1.82, 2.24) is 4.98 Å². The molecule has 1 aromatic heterocycles. The zero-order valence-electron chi connectivity index (χ0n) is 15.0. The maximum absolute atomic E-state index is 13.1. The number of hydrogen-bond acceptors (Lipinski definition) is 5. The number of hydrogen-bond donors (Lipinski definition) is 0. The van der Waals surface area contributed by atoms with Crippen molar-refractivity contribution in [2.24, 2.45) is 4.99 Å². The summed E-state index contributed by atoms with van der Waals surface area (Å²) in [5.74, 6) is 0. The molecule has 0 amide bonds. The molecule has 0 bridgehead atoms. The molecule has 0 unspecified atom stereocenters. The van der Waals surface area contributed by atoms with E-state index >= 15 is 0 Å². The van der Waals surface area contributed by atoms with Gasteiger partial charge in [0, 0.05) is 6.20 Å². The Hall–Kier alpha value is -2.33. The van der Waals surface area contributed by atoms with Crippen LogP contribution in [0.2, 0.25) is 0 Å². The average Bonchev–Trinajstić information content (AvgIpc) is 2.66. The first kappa shape index (κ1) is 20.0. The molecular weight excluding hydrogens is 347 g/mol. The first-order valence-electron chi connectivity index (χ1n) is 8.46. The van der Waals surface area contributed by atoms with Gasteiger partial charge < -0.3 is 9.05 Å². The van der Waals surface area contributed by atoms with Gasteiger partial charge in [-0.25, -0.2) is 4.99 Å². The number of aromatic nitrogens is 1. The molecule has 2 aromatic rings. The lowest BCUT2D eigenvalue weighted by atomic mass is 10.2. The van der Waals surface area contributed by atoms with E-state index in [9.17, 15) is 4.57 Å². The van der Waals surface area contributed by atoms with Crippen molar-refractivity contribution in [1.29, 1.82) is 0 Å². The van der Waals surface area contributed by atoms with E-state index in [0.29, 0.717) is 5.69 Å². The summed E-state index contributed by atoms with van der Waals surface area (Å²) in [6, 6.07) is 15.3. The summed E-state index contributed by atoms with van der Waals surface area (Å²) in [5.41, 5.74) is 1.92. The molecule has 0 saturated carbocycles. The van der Waals surface area contributed by atoms with Crippen molar-refractivity contribution in [3.05, 3.63) is 83.6 Å². The van der Waals surface area contributed by atoms with E-state index in [2.05, 4.69) is 9.98 Å². The van der Waals surface area contributed by atoms with Crippen LogP contribution < -0.4 is 0 Å². The molecule has 6 heteroatoms. The van der Waals surface area contributed by atoms with Gasteiger partial charge in [-0.05, 0) is 37.6 Å². The van der Waals surface area contributed by atoms with E-state index in [4.69, 9.17) is 9.05 Å². The molecule has 0 aliphatic carbocycles. The first-order valence-corrected chi connectivity index (χ1v) is 10.0. The van der Waals surface area contributed by atoms with Crippen molar-refractivity contribution >= 4 is 19.9 Å². The second kappa shape index (κ2) is 10.6. The zero-order chi connectivity index (χ0) is 18.7. The highest BCUT2D eigenvalue weighted by Crippen LogP contribution is 2.56. The Kier molecular flexibility index (Phi) is 8.16. The van der Waals surface area contributed by atoms with Crippen molar-refractivity contribution in [2.45, 2.75) is 13.8 Å². The molecule has 0 N–H and O–H groups in total. The Bertz CT molecular complexity index is 792. The highest BCUT2D eigenvalue weighted by molar-refractivity contribution is 7.58. The minimum Gasteiger partial charge on any atom is -0.304 e. The van der Waals surface area contributed by atoms with Crippen LogP contribution in [-0.2, 0) is 13.6 Å². The normalized spacial score (nSPS) is 12.9. The van der Waals surface area contributed by atoms with Gasteiger partial charge >= 0.3 is 7.60 Å². The standard InChI is InChI=1S/C20H23N2O3P/c1-3-24-26(23,25-4-2)20(22-17-19-14-8-9-16-21-19)15-10-13-18-11-6-5-7-12-18/h5-17H,3-4H2,1-2H3/b13-10+,20-15+,22-17+. The molecule has 2 rings (SSSR count). The van der Waals surface area contributed by atoms with Crippen LogP contribution in [0, 0.1) is 0 Å². The molecule has 0 atom stereocenters. The molecule has 1 heterocycles. The average molecular weight is 370 g/mol.